The fourth-order valence-electron chi connectivity index (χ4n) is 2.62. The number of anilines is 1. The maximum Gasteiger partial charge on any atom is 0.316 e. The highest BCUT2D eigenvalue weighted by Gasteiger charge is 2.17. The van der Waals surface area contributed by atoms with Crippen molar-refractivity contribution in [2.24, 2.45) is 0 Å². The number of methoxy groups -OCH3 is 1. The quantitative estimate of drug-likeness (QED) is 0.774. The molecular formula is C16H16N4O2S. The number of hydrogen-bond donors (Lipinski definition) is 1. The average Bonchev–Trinajstić information content (AvgIpc) is 3.28. The standard InChI is InChI=1S/C16H16N4O2S/c1-21-11-7-5-10(6-8-11)15-19-20-16(22-15)17-9-14-18-12-3-2-4-13(12)23-14/h5-8H,2-4,9H2,1H3,(H,17,20). The summed E-state index contributed by atoms with van der Waals surface area (Å²) < 4.78 is 10.8. The minimum absolute atomic E-state index is 0.408. The fraction of sp³-hybridized carbons (Fsp3) is 0.312. The second kappa shape index (κ2) is 6.00. The van der Waals surface area contributed by atoms with Crippen molar-refractivity contribution in [3.05, 3.63) is 39.8 Å². The van der Waals surface area contributed by atoms with Gasteiger partial charge in [0.25, 0.3) is 0 Å². The lowest BCUT2D eigenvalue weighted by atomic mass is 10.2. The van der Waals surface area contributed by atoms with E-state index in [1.54, 1.807) is 18.4 Å². The van der Waals surface area contributed by atoms with Gasteiger partial charge in [-0.2, -0.15) is 0 Å². The molecule has 118 valence electrons. The van der Waals surface area contributed by atoms with E-state index in [4.69, 9.17) is 9.15 Å². The molecule has 3 aromatic rings. The van der Waals surface area contributed by atoms with Crippen LogP contribution in [0.2, 0.25) is 0 Å². The van der Waals surface area contributed by atoms with Crippen molar-refractivity contribution in [3.8, 4) is 17.2 Å². The van der Waals surface area contributed by atoms with Gasteiger partial charge in [-0.3, -0.25) is 0 Å². The molecule has 0 unspecified atom stereocenters. The third kappa shape index (κ3) is 2.92. The van der Waals surface area contributed by atoms with Crippen molar-refractivity contribution in [3.63, 3.8) is 0 Å². The first-order valence-electron chi connectivity index (χ1n) is 7.51. The molecule has 6 nitrogen and oxygen atoms in total. The summed E-state index contributed by atoms with van der Waals surface area (Å²) in [5.41, 5.74) is 2.12. The van der Waals surface area contributed by atoms with Crippen LogP contribution in [0.3, 0.4) is 0 Å². The zero-order valence-corrected chi connectivity index (χ0v) is 13.5. The highest BCUT2D eigenvalue weighted by atomic mass is 32.1. The normalized spacial score (nSPS) is 13.1. The summed E-state index contributed by atoms with van der Waals surface area (Å²) in [5.74, 6) is 1.28. The first-order valence-corrected chi connectivity index (χ1v) is 8.33. The van der Waals surface area contributed by atoms with E-state index in [9.17, 15) is 0 Å². The second-order valence-electron chi connectivity index (χ2n) is 5.33. The summed E-state index contributed by atoms with van der Waals surface area (Å²) in [6.07, 6.45) is 3.50. The van der Waals surface area contributed by atoms with Crippen LogP contribution in [0, 0.1) is 0 Å². The number of aromatic nitrogens is 3. The third-order valence-corrected chi connectivity index (χ3v) is 4.95. The summed E-state index contributed by atoms with van der Waals surface area (Å²) in [6.45, 7) is 0.613. The predicted octanol–water partition coefficient (Wildman–Crippen LogP) is 3.30. The minimum atomic E-state index is 0.408. The first-order chi connectivity index (χ1) is 11.3. The molecule has 0 spiro atoms. The van der Waals surface area contributed by atoms with Gasteiger partial charge in [-0.25, -0.2) is 4.98 Å². The van der Waals surface area contributed by atoms with Crippen LogP contribution in [-0.2, 0) is 19.4 Å². The zero-order chi connectivity index (χ0) is 15.6. The molecule has 0 bridgehead atoms. The Bertz CT molecular complexity index is 788. The summed E-state index contributed by atoms with van der Waals surface area (Å²) in [7, 11) is 1.64. The number of nitrogens with zero attached hydrogens (tertiary/aromatic N) is 3. The number of ether oxygens (including phenoxy) is 1. The van der Waals surface area contributed by atoms with Crippen molar-refractivity contribution in [1.29, 1.82) is 0 Å². The Hall–Kier alpha value is -2.41. The lowest BCUT2D eigenvalue weighted by Crippen LogP contribution is -1.99. The number of hydrogen-bond acceptors (Lipinski definition) is 7. The van der Waals surface area contributed by atoms with E-state index >= 15 is 0 Å². The molecular weight excluding hydrogens is 312 g/mol. The monoisotopic (exact) mass is 328 g/mol. The molecule has 1 aliphatic rings. The van der Waals surface area contributed by atoms with Gasteiger partial charge in [-0.15, -0.1) is 16.4 Å². The smallest absolute Gasteiger partial charge is 0.316 e. The van der Waals surface area contributed by atoms with Crippen molar-refractivity contribution in [2.75, 3.05) is 12.4 Å². The lowest BCUT2D eigenvalue weighted by molar-refractivity contribution is 0.415. The Balaban J connectivity index is 1.42. The number of benzene rings is 1. The summed E-state index contributed by atoms with van der Waals surface area (Å²) in [6, 6.07) is 7.92. The van der Waals surface area contributed by atoms with Crippen molar-refractivity contribution in [1.82, 2.24) is 15.2 Å². The van der Waals surface area contributed by atoms with Gasteiger partial charge >= 0.3 is 6.01 Å². The van der Waals surface area contributed by atoms with Crippen LogP contribution in [-0.4, -0.2) is 22.3 Å². The van der Waals surface area contributed by atoms with E-state index in [1.807, 2.05) is 24.3 Å². The van der Waals surface area contributed by atoms with Crippen LogP contribution < -0.4 is 10.1 Å². The highest BCUT2D eigenvalue weighted by molar-refractivity contribution is 7.11. The van der Waals surface area contributed by atoms with Gasteiger partial charge in [0.05, 0.1) is 19.3 Å². The molecule has 2 heterocycles. The van der Waals surface area contributed by atoms with Gasteiger partial charge in [-0.1, -0.05) is 5.10 Å². The predicted molar refractivity (Wildman–Crippen MR) is 87.8 cm³/mol. The number of fused-ring (bicyclic) bond motifs is 1. The number of thiazole rings is 1. The number of aryl methyl sites for hydroxylation is 2. The zero-order valence-electron chi connectivity index (χ0n) is 12.7. The number of rotatable bonds is 5. The van der Waals surface area contributed by atoms with Crippen LogP contribution in [0.15, 0.2) is 28.7 Å². The minimum Gasteiger partial charge on any atom is -0.497 e. The fourth-order valence-corrected chi connectivity index (χ4v) is 3.71. The van der Waals surface area contributed by atoms with Gasteiger partial charge in [0.15, 0.2) is 0 Å². The van der Waals surface area contributed by atoms with E-state index in [0.29, 0.717) is 18.5 Å². The number of nitrogens with one attached hydrogen (secondary N) is 1. The van der Waals surface area contributed by atoms with Crippen molar-refractivity contribution in [2.45, 2.75) is 25.8 Å². The molecule has 2 aromatic heterocycles. The van der Waals surface area contributed by atoms with Crippen LogP contribution in [0.1, 0.15) is 22.0 Å². The van der Waals surface area contributed by atoms with E-state index < -0.39 is 0 Å². The summed E-state index contributed by atoms with van der Waals surface area (Å²) >= 11 is 1.77. The molecule has 4 rings (SSSR count). The Morgan fingerprint density at radius 1 is 1.22 bits per heavy atom. The maximum atomic E-state index is 5.64. The Morgan fingerprint density at radius 2 is 2.09 bits per heavy atom. The van der Waals surface area contributed by atoms with Gasteiger partial charge in [0, 0.05) is 10.4 Å². The lowest BCUT2D eigenvalue weighted by Gasteiger charge is -1.99. The van der Waals surface area contributed by atoms with Crippen molar-refractivity contribution >= 4 is 17.4 Å². The molecule has 23 heavy (non-hydrogen) atoms. The molecule has 0 fully saturated rings. The maximum absolute atomic E-state index is 5.64. The molecule has 0 radical (unpaired) electrons. The van der Waals surface area contributed by atoms with Crippen LogP contribution >= 0.6 is 11.3 Å². The van der Waals surface area contributed by atoms with E-state index in [0.717, 1.165) is 29.2 Å². The molecule has 1 N–H and O–H groups in total. The Labute approximate surface area is 137 Å². The van der Waals surface area contributed by atoms with E-state index in [1.165, 1.54) is 17.0 Å². The van der Waals surface area contributed by atoms with Crippen LogP contribution in [0.5, 0.6) is 5.75 Å². The van der Waals surface area contributed by atoms with E-state index in [2.05, 4.69) is 20.5 Å². The second-order valence-corrected chi connectivity index (χ2v) is 6.49. The molecule has 1 aromatic carbocycles. The third-order valence-electron chi connectivity index (χ3n) is 3.79. The molecule has 0 saturated heterocycles. The topological polar surface area (TPSA) is 73.1 Å². The van der Waals surface area contributed by atoms with Crippen LogP contribution in [0.25, 0.3) is 11.5 Å². The Kier molecular flexibility index (Phi) is 3.70. The largest absolute Gasteiger partial charge is 0.497 e. The summed E-state index contributed by atoms with van der Waals surface area (Å²) in [4.78, 5) is 6.06. The Morgan fingerprint density at radius 3 is 2.87 bits per heavy atom. The van der Waals surface area contributed by atoms with Gasteiger partial charge in [-0.05, 0) is 43.5 Å². The molecule has 0 amide bonds. The molecule has 7 heteroatoms. The van der Waals surface area contributed by atoms with Crippen LogP contribution in [0.4, 0.5) is 6.01 Å². The molecule has 0 aliphatic heterocycles. The first kappa shape index (κ1) is 14.2. The molecule has 0 saturated carbocycles. The van der Waals surface area contributed by atoms with E-state index in [-0.39, 0.29) is 0 Å². The van der Waals surface area contributed by atoms with Gasteiger partial charge < -0.3 is 14.5 Å². The van der Waals surface area contributed by atoms with Crippen molar-refractivity contribution < 1.29 is 9.15 Å². The van der Waals surface area contributed by atoms with Gasteiger partial charge in [0.2, 0.25) is 5.89 Å². The van der Waals surface area contributed by atoms with Gasteiger partial charge in [0.1, 0.15) is 10.8 Å². The highest BCUT2D eigenvalue weighted by Crippen LogP contribution is 2.28. The molecule has 1 aliphatic carbocycles. The summed E-state index contributed by atoms with van der Waals surface area (Å²) in [5, 5.41) is 12.3. The SMILES string of the molecule is COc1ccc(-c2nnc(NCc3nc4c(s3)CCC4)o2)cc1. The average molecular weight is 328 g/mol. The molecule has 0 atom stereocenters.